The average Bonchev–Trinajstić information content (AvgIpc) is 2.80. The summed E-state index contributed by atoms with van der Waals surface area (Å²) in [5.41, 5.74) is 2.19. The van der Waals surface area contributed by atoms with Gasteiger partial charge in [-0.3, -0.25) is 9.78 Å². The van der Waals surface area contributed by atoms with E-state index in [4.69, 9.17) is 0 Å². The molecular weight excluding hydrogens is 416 g/mol. The van der Waals surface area contributed by atoms with Crippen LogP contribution in [-0.4, -0.2) is 61.7 Å². The third kappa shape index (κ3) is 4.86. The van der Waals surface area contributed by atoms with Crippen molar-refractivity contribution < 1.29 is 13.2 Å². The molecule has 10 heteroatoms. The Kier molecular flexibility index (Phi) is 5.92. The van der Waals surface area contributed by atoms with Crippen LogP contribution in [0.2, 0.25) is 0 Å². The van der Waals surface area contributed by atoms with Gasteiger partial charge in [-0.05, 0) is 24.3 Å². The van der Waals surface area contributed by atoms with Crippen LogP contribution in [0.3, 0.4) is 0 Å². The van der Waals surface area contributed by atoms with Crippen LogP contribution in [0, 0.1) is 0 Å². The second-order valence-corrected chi connectivity index (χ2v) is 9.17. The highest BCUT2D eigenvalue weighted by molar-refractivity contribution is 7.90. The summed E-state index contributed by atoms with van der Waals surface area (Å²) >= 11 is 0. The van der Waals surface area contributed by atoms with Gasteiger partial charge in [-0.1, -0.05) is 12.1 Å². The maximum Gasteiger partial charge on any atom is 0.274 e. The smallest absolute Gasteiger partial charge is 0.274 e. The molecule has 0 radical (unpaired) electrons. The summed E-state index contributed by atoms with van der Waals surface area (Å²) in [6.45, 7) is 3.41. The van der Waals surface area contributed by atoms with Crippen molar-refractivity contribution in [3.05, 3.63) is 60.7 Å². The van der Waals surface area contributed by atoms with Crippen LogP contribution >= 0.6 is 0 Å². The number of nitrogens with zero attached hydrogens (tertiary/aromatic N) is 4. The van der Waals surface area contributed by atoms with Gasteiger partial charge in [0.25, 0.3) is 5.91 Å². The number of carbonyl (C=O) groups excluding carboxylic acids is 1. The molecule has 0 atom stereocenters. The molecule has 31 heavy (non-hydrogen) atoms. The Morgan fingerprint density at radius 2 is 1.94 bits per heavy atom. The zero-order valence-corrected chi connectivity index (χ0v) is 17.8. The number of sulfone groups is 1. The SMILES string of the molecule is CS(=O)(=O)c1cccc(-c2nccc(C(=O)Nc3cnccc3N3CCNCC3)n2)c1. The third-order valence-corrected chi connectivity index (χ3v) is 6.02. The molecule has 1 fully saturated rings. The first-order valence-corrected chi connectivity index (χ1v) is 11.7. The second-order valence-electron chi connectivity index (χ2n) is 7.15. The van der Waals surface area contributed by atoms with E-state index in [2.05, 4.69) is 30.5 Å². The molecule has 160 valence electrons. The number of carbonyl (C=O) groups is 1. The van der Waals surface area contributed by atoms with E-state index in [0.717, 1.165) is 38.1 Å². The highest BCUT2D eigenvalue weighted by Gasteiger charge is 2.18. The number of nitrogens with one attached hydrogen (secondary N) is 2. The predicted molar refractivity (Wildman–Crippen MR) is 118 cm³/mol. The van der Waals surface area contributed by atoms with Crippen molar-refractivity contribution in [2.45, 2.75) is 4.90 Å². The summed E-state index contributed by atoms with van der Waals surface area (Å²) in [5, 5.41) is 6.20. The number of amides is 1. The van der Waals surface area contributed by atoms with Gasteiger partial charge in [-0.2, -0.15) is 0 Å². The minimum Gasteiger partial charge on any atom is -0.367 e. The maximum absolute atomic E-state index is 12.9. The van der Waals surface area contributed by atoms with Crippen LogP contribution in [0.5, 0.6) is 0 Å². The molecule has 9 nitrogen and oxygen atoms in total. The summed E-state index contributed by atoms with van der Waals surface area (Å²) < 4.78 is 23.7. The van der Waals surface area contributed by atoms with E-state index >= 15 is 0 Å². The Morgan fingerprint density at radius 1 is 1.13 bits per heavy atom. The Morgan fingerprint density at radius 3 is 2.71 bits per heavy atom. The molecule has 1 aromatic carbocycles. The topological polar surface area (TPSA) is 117 Å². The Hall–Kier alpha value is -3.37. The van der Waals surface area contributed by atoms with Crippen molar-refractivity contribution in [3.8, 4) is 11.4 Å². The van der Waals surface area contributed by atoms with Gasteiger partial charge < -0.3 is 15.5 Å². The number of hydrogen-bond acceptors (Lipinski definition) is 8. The molecule has 1 aliphatic heterocycles. The minimum atomic E-state index is -3.37. The molecule has 1 aliphatic rings. The van der Waals surface area contributed by atoms with E-state index in [-0.39, 0.29) is 16.4 Å². The second kappa shape index (κ2) is 8.78. The summed E-state index contributed by atoms with van der Waals surface area (Å²) in [7, 11) is -3.37. The van der Waals surface area contributed by atoms with Crippen molar-refractivity contribution >= 4 is 27.1 Å². The lowest BCUT2D eigenvalue weighted by Crippen LogP contribution is -2.43. The lowest BCUT2D eigenvalue weighted by atomic mass is 10.2. The Balaban J connectivity index is 1.59. The quantitative estimate of drug-likeness (QED) is 0.617. The number of benzene rings is 1. The molecule has 0 aliphatic carbocycles. The van der Waals surface area contributed by atoms with Gasteiger partial charge in [-0.15, -0.1) is 0 Å². The van der Waals surface area contributed by atoms with Crippen LogP contribution in [0.15, 0.2) is 59.9 Å². The Labute approximate surface area is 180 Å². The molecule has 1 saturated heterocycles. The van der Waals surface area contributed by atoms with E-state index in [1.165, 1.54) is 24.4 Å². The molecule has 2 aromatic heterocycles. The maximum atomic E-state index is 12.9. The molecule has 0 saturated carbocycles. The monoisotopic (exact) mass is 438 g/mol. The third-order valence-electron chi connectivity index (χ3n) is 4.91. The van der Waals surface area contributed by atoms with E-state index in [1.807, 2.05) is 6.07 Å². The fraction of sp³-hybridized carbons (Fsp3) is 0.238. The van der Waals surface area contributed by atoms with Gasteiger partial charge in [-0.25, -0.2) is 18.4 Å². The zero-order valence-electron chi connectivity index (χ0n) is 16.9. The largest absolute Gasteiger partial charge is 0.367 e. The number of hydrogen-bond donors (Lipinski definition) is 2. The average molecular weight is 439 g/mol. The molecule has 1 amide bonds. The minimum absolute atomic E-state index is 0.166. The van der Waals surface area contributed by atoms with E-state index < -0.39 is 15.7 Å². The van der Waals surface area contributed by atoms with E-state index in [0.29, 0.717) is 11.3 Å². The standard InChI is InChI=1S/C21H22N6O3S/c1-31(29,30)16-4-2-3-15(13-16)20-24-8-5-17(25-20)21(28)26-18-14-23-7-6-19(18)27-11-9-22-10-12-27/h2-8,13-14,22H,9-12H2,1H3,(H,26,28). The zero-order chi connectivity index (χ0) is 21.8. The normalized spacial score (nSPS) is 14.3. The number of aromatic nitrogens is 3. The van der Waals surface area contributed by atoms with E-state index in [1.54, 1.807) is 24.5 Å². The summed E-state index contributed by atoms with van der Waals surface area (Å²) in [6, 6.07) is 9.72. The van der Waals surface area contributed by atoms with Crippen molar-refractivity contribution in [2.24, 2.45) is 0 Å². The van der Waals surface area contributed by atoms with Gasteiger partial charge in [0.05, 0.1) is 22.5 Å². The number of pyridine rings is 1. The number of anilines is 2. The van der Waals surface area contributed by atoms with Crippen LogP contribution in [0.4, 0.5) is 11.4 Å². The summed E-state index contributed by atoms with van der Waals surface area (Å²) in [6.07, 6.45) is 5.93. The van der Waals surface area contributed by atoms with Gasteiger partial charge in [0.2, 0.25) is 0 Å². The van der Waals surface area contributed by atoms with Crippen molar-refractivity contribution in [2.75, 3.05) is 42.7 Å². The molecule has 4 rings (SSSR count). The summed E-state index contributed by atoms with van der Waals surface area (Å²) in [5.74, 6) is -0.126. The highest BCUT2D eigenvalue weighted by Crippen LogP contribution is 2.25. The number of rotatable bonds is 5. The predicted octanol–water partition coefficient (Wildman–Crippen LogP) is 1.60. The Bertz CT molecular complexity index is 1210. The molecule has 0 bridgehead atoms. The molecule has 3 aromatic rings. The van der Waals surface area contributed by atoms with Crippen LogP contribution in [0.1, 0.15) is 10.5 Å². The van der Waals surface area contributed by atoms with Crippen molar-refractivity contribution in [1.29, 1.82) is 0 Å². The first-order chi connectivity index (χ1) is 14.9. The van der Waals surface area contributed by atoms with Crippen LogP contribution < -0.4 is 15.5 Å². The number of piperazine rings is 1. The first-order valence-electron chi connectivity index (χ1n) is 9.76. The fourth-order valence-corrected chi connectivity index (χ4v) is 4.01. The van der Waals surface area contributed by atoms with Crippen LogP contribution in [0.25, 0.3) is 11.4 Å². The van der Waals surface area contributed by atoms with Crippen LogP contribution in [-0.2, 0) is 9.84 Å². The van der Waals surface area contributed by atoms with Gasteiger partial charge in [0.1, 0.15) is 5.69 Å². The van der Waals surface area contributed by atoms with Crippen molar-refractivity contribution in [3.63, 3.8) is 0 Å². The highest BCUT2D eigenvalue weighted by atomic mass is 32.2. The lowest BCUT2D eigenvalue weighted by molar-refractivity contribution is 0.102. The van der Waals surface area contributed by atoms with Crippen molar-refractivity contribution in [1.82, 2.24) is 20.3 Å². The molecule has 0 unspecified atom stereocenters. The fourth-order valence-electron chi connectivity index (χ4n) is 3.34. The molecule has 2 N–H and O–H groups in total. The van der Waals surface area contributed by atoms with Gasteiger partial charge >= 0.3 is 0 Å². The summed E-state index contributed by atoms with van der Waals surface area (Å²) in [4.78, 5) is 27.9. The van der Waals surface area contributed by atoms with Gasteiger partial charge in [0, 0.05) is 50.4 Å². The molecular formula is C21H22N6O3S. The van der Waals surface area contributed by atoms with E-state index in [9.17, 15) is 13.2 Å². The molecule has 0 spiro atoms. The lowest BCUT2D eigenvalue weighted by Gasteiger charge is -2.30. The molecule has 3 heterocycles. The van der Waals surface area contributed by atoms with Gasteiger partial charge in [0.15, 0.2) is 15.7 Å². The first kappa shape index (κ1) is 20.9.